The Morgan fingerprint density at radius 2 is 1.07 bits per heavy atom. The first-order valence-electron chi connectivity index (χ1n) is 34.0. The summed E-state index contributed by atoms with van der Waals surface area (Å²) in [5.41, 5.74) is 18.3. The molecule has 566 valence electrons. The van der Waals surface area contributed by atoms with Crippen LogP contribution >= 0.6 is 0 Å². The van der Waals surface area contributed by atoms with Crippen molar-refractivity contribution in [2.24, 2.45) is 11.5 Å². The van der Waals surface area contributed by atoms with Gasteiger partial charge in [-0.3, -0.25) is 62.3 Å². The van der Waals surface area contributed by atoms with Gasteiger partial charge in [-0.05, 0) is 105 Å². The second kappa shape index (κ2) is 39.2. The summed E-state index contributed by atoms with van der Waals surface area (Å²) < 4.78 is 0. The first-order chi connectivity index (χ1) is 50.1. The van der Waals surface area contributed by atoms with Crippen LogP contribution in [0.3, 0.4) is 0 Å². The van der Waals surface area contributed by atoms with Crippen molar-refractivity contribution < 1.29 is 87.9 Å². The maximum atomic E-state index is 14.6. The summed E-state index contributed by atoms with van der Waals surface area (Å²) in [6.45, 7) is 8.29. The van der Waals surface area contributed by atoms with Crippen molar-refractivity contribution in [3.05, 3.63) is 173 Å². The number of aliphatic hydroxyl groups excluding tert-OH is 3. The summed E-state index contributed by atoms with van der Waals surface area (Å²) in [4.78, 5) is 183. The second-order valence-corrected chi connectivity index (χ2v) is 26.2. The van der Waals surface area contributed by atoms with Gasteiger partial charge < -0.3 is 95.2 Å². The molecule has 0 aliphatic rings. The number of carboxylic acids is 2. The number of hydrogen-bond donors (Lipinski definition) is 18. The molecule has 1 heterocycles. The highest BCUT2D eigenvalue weighted by molar-refractivity contribution is 6.00. The fourth-order valence-electron chi connectivity index (χ4n) is 11.3. The maximum absolute atomic E-state index is 14.6. The maximum Gasteiger partial charge on any atom is 0.305 e. The molecule has 0 bridgehead atoms. The Kier molecular flexibility index (Phi) is 30.8. The fourth-order valence-corrected chi connectivity index (χ4v) is 11.3. The molecule has 1 aromatic heterocycles. The van der Waals surface area contributed by atoms with Gasteiger partial charge in [0.05, 0.1) is 44.1 Å². The van der Waals surface area contributed by atoms with Gasteiger partial charge >= 0.3 is 11.9 Å². The van der Waals surface area contributed by atoms with Crippen LogP contribution < -0.4 is 64.6 Å². The molecule has 106 heavy (non-hydrogen) atoms. The van der Waals surface area contributed by atoms with Crippen molar-refractivity contribution in [1.82, 2.24) is 63.1 Å². The summed E-state index contributed by atoms with van der Waals surface area (Å²) in [5, 5.41) is 75.5. The minimum Gasteiger partial charge on any atom is -0.481 e. The Balaban J connectivity index is 1.15. The molecule has 32 nitrogen and oxygen atoms in total. The molecule has 11 amide bonds. The van der Waals surface area contributed by atoms with Crippen molar-refractivity contribution in [1.29, 1.82) is 0 Å². The predicted octanol–water partition coefficient (Wildman–Crippen LogP) is -1.27. The molecule has 0 fully saturated rings. The highest BCUT2D eigenvalue weighted by Crippen LogP contribution is 2.27. The quantitative estimate of drug-likeness (QED) is 0.0214. The highest BCUT2D eigenvalue weighted by Gasteiger charge is 2.42. The van der Waals surface area contributed by atoms with Gasteiger partial charge in [0.15, 0.2) is 0 Å². The van der Waals surface area contributed by atoms with Crippen LogP contribution in [0, 0.1) is 20.8 Å². The van der Waals surface area contributed by atoms with Gasteiger partial charge in [-0.1, -0.05) is 127 Å². The lowest BCUT2D eigenvalue weighted by molar-refractivity contribution is -0.142. The van der Waals surface area contributed by atoms with E-state index in [0.29, 0.717) is 22.4 Å². The third-order valence-electron chi connectivity index (χ3n) is 17.3. The molecule has 6 rings (SSSR count). The number of benzene rings is 5. The van der Waals surface area contributed by atoms with Crippen molar-refractivity contribution in [2.75, 3.05) is 13.2 Å². The van der Waals surface area contributed by atoms with Gasteiger partial charge in [-0.2, -0.15) is 0 Å². The Labute approximate surface area is 610 Å². The molecule has 0 saturated heterocycles. The number of aromatic amines is 1. The van der Waals surface area contributed by atoms with E-state index >= 15 is 0 Å². The number of carbonyl (C=O) groups is 13. The van der Waals surface area contributed by atoms with Crippen LogP contribution in [0.25, 0.3) is 22.3 Å². The Hall–Kier alpha value is -11.7. The zero-order valence-electron chi connectivity index (χ0n) is 59.6. The molecule has 12 atom stereocenters. The lowest BCUT2D eigenvalue weighted by Crippen LogP contribution is -2.67. The first kappa shape index (κ1) is 83.2. The number of aromatic nitrogens is 2. The summed E-state index contributed by atoms with van der Waals surface area (Å²) >= 11 is 0. The van der Waals surface area contributed by atoms with Crippen LogP contribution in [0.5, 0.6) is 0 Å². The molecule has 6 aromatic rings. The van der Waals surface area contributed by atoms with E-state index in [1.54, 1.807) is 66.7 Å². The number of rotatable bonds is 39. The number of H-pyrrole nitrogens is 1. The lowest BCUT2D eigenvalue weighted by atomic mass is 9.90. The Morgan fingerprint density at radius 1 is 0.528 bits per heavy atom. The number of aryl methyl sites for hydroxylation is 3. The van der Waals surface area contributed by atoms with Crippen molar-refractivity contribution in [3.63, 3.8) is 0 Å². The molecule has 5 aromatic carbocycles. The van der Waals surface area contributed by atoms with E-state index < -0.39 is 181 Å². The average Bonchev–Trinajstić information content (AvgIpc) is 0.885. The average molecular weight is 1470 g/mol. The first-order valence-corrected chi connectivity index (χ1v) is 34.0. The molecule has 32 heteroatoms. The summed E-state index contributed by atoms with van der Waals surface area (Å²) in [6, 6.07) is 20.9. The van der Waals surface area contributed by atoms with Gasteiger partial charge in [0, 0.05) is 44.0 Å². The van der Waals surface area contributed by atoms with E-state index in [1.165, 1.54) is 26.4 Å². The minimum absolute atomic E-state index is 0.0339. The summed E-state index contributed by atoms with van der Waals surface area (Å²) in [6.07, 6.45) is -3.69. The van der Waals surface area contributed by atoms with E-state index in [4.69, 9.17) is 11.5 Å². The van der Waals surface area contributed by atoms with E-state index in [2.05, 4.69) is 63.1 Å². The molecule has 0 aliphatic heterocycles. The van der Waals surface area contributed by atoms with Crippen molar-refractivity contribution in [2.45, 2.75) is 166 Å². The van der Waals surface area contributed by atoms with Gasteiger partial charge in [0.2, 0.25) is 65.0 Å². The van der Waals surface area contributed by atoms with Crippen LogP contribution in [0.2, 0.25) is 0 Å². The highest BCUT2D eigenvalue weighted by atomic mass is 16.4. The topological polar surface area (TPSA) is 524 Å². The number of aliphatic hydroxyl groups is 3. The normalized spacial score (nSPS) is 14.8. The van der Waals surface area contributed by atoms with E-state index in [0.717, 1.165) is 52.8 Å². The number of nitrogens with one attached hydrogen (secondary N) is 11. The number of primary amides is 1. The number of carboxylic acid groups (broad SMARTS) is 2. The van der Waals surface area contributed by atoms with E-state index in [-0.39, 0.29) is 25.7 Å². The molecule has 20 N–H and O–H groups in total. The van der Waals surface area contributed by atoms with Crippen LogP contribution in [0.1, 0.15) is 86.0 Å². The van der Waals surface area contributed by atoms with Gasteiger partial charge in [0.25, 0.3) is 0 Å². The van der Waals surface area contributed by atoms with Crippen LogP contribution in [-0.4, -0.2) is 198 Å². The number of hydrogen-bond acceptors (Lipinski definition) is 18. The minimum atomic E-state index is -2.17. The number of imidazole rings is 1. The largest absolute Gasteiger partial charge is 0.481 e. The molecule has 0 spiro atoms. The van der Waals surface area contributed by atoms with Gasteiger partial charge in [0.1, 0.15) is 53.9 Å². The third-order valence-corrected chi connectivity index (χ3v) is 17.3. The number of nitrogens with two attached hydrogens (primary N) is 2. The van der Waals surface area contributed by atoms with Crippen molar-refractivity contribution in [3.8, 4) is 22.3 Å². The third kappa shape index (κ3) is 25.0. The summed E-state index contributed by atoms with van der Waals surface area (Å²) in [7, 11) is 0. The molecule has 0 saturated carbocycles. The lowest BCUT2D eigenvalue weighted by Gasteiger charge is -2.34. The fraction of sp³-hybridized carbons (Fsp3) is 0.378. The van der Waals surface area contributed by atoms with Gasteiger partial charge in [-0.15, -0.1) is 0 Å². The van der Waals surface area contributed by atoms with E-state index in [1.807, 2.05) is 75.4 Å². The van der Waals surface area contributed by atoms with Gasteiger partial charge in [-0.25, -0.2) is 4.98 Å². The number of amides is 11. The Morgan fingerprint density at radius 3 is 1.64 bits per heavy atom. The molecule has 0 radical (unpaired) electrons. The number of nitrogens with zero attached hydrogens (tertiary/aromatic N) is 1. The molecular weight excluding hydrogens is 1370 g/mol. The molecule has 0 unspecified atom stereocenters. The Bertz CT molecular complexity index is 4100. The monoisotopic (exact) mass is 1460 g/mol. The number of carbonyl (C=O) groups excluding carboxylic acids is 11. The SMILES string of the molecule is Cc1ccc(C)c(-c2ccc(C[C@H](NC(=O)[C@H](CC(=O)O)NC(=O)[C@H](CO)NC(=O)[C@@H](NC(=O)[C@](C)(Cc3ccccc3)NC(=O)[C@@H](NC(=O)CNC(=O)[C@H](CCC(=O)O)NC(=O)[C@H](C)NC(=O)[C@@H](N)Cc3cnc[nH]3)[C@@H](C)O)[C@@H](C)O)C(=O)N[C@@H](Cc3ccc(-c4ccccc4C)cc3)C(N)=O)cc2)c1. The van der Waals surface area contributed by atoms with Crippen molar-refractivity contribution >= 4 is 76.9 Å². The molecular formula is C74H92N14O18. The smallest absolute Gasteiger partial charge is 0.305 e. The number of aliphatic carboxylic acids is 2. The van der Waals surface area contributed by atoms with Crippen LogP contribution in [0.15, 0.2) is 134 Å². The predicted molar refractivity (Wildman–Crippen MR) is 385 cm³/mol. The summed E-state index contributed by atoms with van der Waals surface area (Å²) in [5.74, 6) is -15.1. The standard InChI is InChI=1S/C74H92N14O18/c1-39-17-18-41(3)52(29-39)49-25-21-46(22-26-49)31-56(68(101)82-55(64(76)97)30-45-19-23-48(24-20-45)51-16-12-11-13-40(51)2)83-69(102)57(33-61(95)96)84-70(103)58(37-89)85-71(104)62(43(5)90)87-73(106)74(7,34-47-14-9-8-10-15-47)88-72(105)63(44(6)91)86-59(92)36-78-67(100)54(27-28-60(93)94)81-65(98)42(4)80-66(99)53(75)32-50-35-77-38-79-50/h8-26,29,35,38,42-44,53-58,62-63,89-91H,27-28,30-34,36-37,75H2,1-7H3,(H2,76,97)(H,77,79)(H,78,100)(H,80,99)(H,81,98)(H,82,101)(H,83,102)(H,84,103)(H,85,104)(H,86,92)(H,87,106)(H,88,105)(H,93,94)(H,95,96)/t42-,43+,44+,53-,54-,55-,56-,57-,58-,62-,63-,74-/m0/s1. The zero-order chi connectivity index (χ0) is 78.1. The second-order valence-electron chi connectivity index (χ2n) is 26.2. The van der Waals surface area contributed by atoms with Crippen LogP contribution in [0.4, 0.5) is 0 Å². The van der Waals surface area contributed by atoms with E-state index in [9.17, 15) is 87.9 Å². The zero-order valence-corrected chi connectivity index (χ0v) is 59.6. The molecule has 0 aliphatic carbocycles. The van der Waals surface area contributed by atoms with Crippen LogP contribution in [-0.2, 0) is 88.0 Å².